The lowest BCUT2D eigenvalue weighted by Crippen LogP contribution is -2.30. The van der Waals surface area contributed by atoms with E-state index in [9.17, 15) is 10.1 Å². The fourth-order valence-corrected chi connectivity index (χ4v) is 3.27. The van der Waals surface area contributed by atoms with Gasteiger partial charge in [-0.25, -0.2) is 9.78 Å². The third-order valence-corrected chi connectivity index (χ3v) is 4.76. The van der Waals surface area contributed by atoms with Crippen LogP contribution in [0.25, 0.3) is 10.9 Å². The number of amides is 2. The minimum absolute atomic E-state index is 0.263. The average Bonchev–Trinajstić information content (AvgIpc) is 2.73. The van der Waals surface area contributed by atoms with Gasteiger partial charge in [0.2, 0.25) is 0 Å². The van der Waals surface area contributed by atoms with Crippen LogP contribution in [0.15, 0.2) is 42.5 Å². The molecule has 154 valence electrons. The number of rotatable bonds is 7. The zero-order chi connectivity index (χ0) is 21.5. The Bertz CT molecular complexity index is 1090. The Hall–Kier alpha value is -3.79. The van der Waals surface area contributed by atoms with Gasteiger partial charge in [0.25, 0.3) is 5.82 Å². The van der Waals surface area contributed by atoms with Gasteiger partial charge in [0.05, 0.1) is 13.7 Å². The number of aromatic nitrogens is 1. The molecular formula is C23H26N5O2+. The molecule has 4 N–H and O–H groups in total. The lowest BCUT2D eigenvalue weighted by molar-refractivity contribution is -0.327. The molecular weight excluding hydrogens is 378 g/mol. The summed E-state index contributed by atoms with van der Waals surface area (Å²) in [6.07, 6.45) is 0.708. The minimum atomic E-state index is -0.263. The van der Waals surface area contributed by atoms with Gasteiger partial charge in [-0.2, -0.15) is 5.26 Å². The Morgan fingerprint density at radius 3 is 2.60 bits per heavy atom. The maximum atomic E-state index is 12.0. The van der Waals surface area contributed by atoms with Gasteiger partial charge in [-0.3, -0.25) is 5.32 Å². The summed E-state index contributed by atoms with van der Waals surface area (Å²) in [5.41, 5.74) is 4.56. The molecule has 0 fully saturated rings. The number of urea groups is 1. The van der Waals surface area contributed by atoms with Crippen molar-refractivity contribution in [2.75, 3.05) is 30.8 Å². The molecule has 0 unspecified atom stereocenters. The third-order valence-electron chi connectivity index (χ3n) is 4.76. The molecule has 7 heteroatoms. The third kappa shape index (κ3) is 5.17. The van der Waals surface area contributed by atoms with Crippen LogP contribution < -0.4 is 25.7 Å². The van der Waals surface area contributed by atoms with Crippen LogP contribution in [0, 0.1) is 25.2 Å². The second-order valence-electron chi connectivity index (χ2n) is 7.10. The average molecular weight is 404 g/mol. The first-order valence-electron chi connectivity index (χ1n) is 9.80. The number of H-pyrrole nitrogens is 1. The molecule has 0 aliphatic heterocycles. The van der Waals surface area contributed by atoms with E-state index in [2.05, 4.69) is 39.1 Å². The molecule has 3 rings (SSSR count). The Labute approximate surface area is 176 Å². The normalized spacial score (nSPS) is 10.3. The molecule has 0 spiro atoms. The molecule has 2 amide bonds. The van der Waals surface area contributed by atoms with Crippen LogP contribution in [0.3, 0.4) is 0 Å². The number of benzene rings is 2. The molecule has 0 aliphatic carbocycles. The Kier molecular flexibility index (Phi) is 6.71. The first kappa shape index (κ1) is 20.9. The predicted octanol–water partition coefficient (Wildman–Crippen LogP) is 3.77. The van der Waals surface area contributed by atoms with Gasteiger partial charge in [0.15, 0.2) is 0 Å². The van der Waals surface area contributed by atoms with Crippen LogP contribution in [0.2, 0.25) is 0 Å². The SMILES string of the molecule is COc1ccc(NC(=O)NCCCNc2[nH+]c3cc(C)cc(C)c3cc2C#N)cc1. The molecule has 0 bridgehead atoms. The smallest absolute Gasteiger partial charge is 0.319 e. The Balaban J connectivity index is 1.50. The predicted molar refractivity (Wildman–Crippen MR) is 118 cm³/mol. The molecule has 0 aliphatic rings. The zero-order valence-electron chi connectivity index (χ0n) is 17.4. The van der Waals surface area contributed by atoms with E-state index in [0.29, 0.717) is 36.6 Å². The van der Waals surface area contributed by atoms with Gasteiger partial charge in [-0.15, -0.1) is 0 Å². The first-order chi connectivity index (χ1) is 14.5. The number of methoxy groups -OCH3 is 1. The van der Waals surface area contributed by atoms with Crippen molar-refractivity contribution in [2.45, 2.75) is 20.3 Å². The number of anilines is 2. The van der Waals surface area contributed by atoms with Gasteiger partial charge >= 0.3 is 6.03 Å². The number of hydrogen-bond acceptors (Lipinski definition) is 4. The number of fused-ring (bicyclic) bond motifs is 1. The van der Waals surface area contributed by atoms with Crippen LogP contribution in [-0.2, 0) is 0 Å². The van der Waals surface area contributed by atoms with Crippen molar-refractivity contribution in [3.63, 3.8) is 0 Å². The van der Waals surface area contributed by atoms with Crippen LogP contribution in [-0.4, -0.2) is 26.2 Å². The number of nitrogens with zero attached hydrogens (tertiary/aromatic N) is 1. The number of aromatic amines is 1. The van der Waals surface area contributed by atoms with E-state index in [1.807, 2.05) is 19.9 Å². The maximum Gasteiger partial charge on any atom is 0.319 e. The standard InChI is InChI=1S/C23H25N5O2/c1-15-11-16(2)20-13-17(14-24)22(28-21(20)12-15)25-9-4-10-26-23(29)27-18-5-7-19(30-3)8-6-18/h5-8,11-13H,4,9-10H2,1-3H3,(H,25,28)(H2,26,27,29)/p+1. The molecule has 2 aromatic carbocycles. The van der Waals surface area contributed by atoms with Crippen LogP contribution in [0.5, 0.6) is 5.75 Å². The van der Waals surface area contributed by atoms with Crippen molar-refractivity contribution in [3.8, 4) is 11.8 Å². The fraction of sp³-hybridized carbons (Fsp3) is 0.261. The number of aryl methyl sites for hydroxylation is 2. The van der Waals surface area contributed by atoms with E-state index in [0.717, 1.165) is 22.2 Å². The zero-order valence-corrected chi connectivity index (χ0v) is 17.4. The highest BCUT2D eigenvalue weighted by Crippen LogP contribution is 2.21. The Morgan fingerprint density at radius 1 is 1.13 bits per heavy atom. The van der Waals surface area contributed by atoms with Crippen LogP contribution in [0.4, 0.5) is 16.3 Å². The van der Waals surface area contributed by atoms with Gasteiger partial charge in [-0.1, -0.05) is 6.07 Å². The van der Waals surface area contributed by atoms with Crippen molar-refractivity contribution in [1.82, 2.24) is 5.32 Å². The Morgan fingerprint density at radius 2 is 1.90 bits per heavy atom. The number of nitriles is 1. The summed E-state index contributed by atoms with van der Waals surface area (Å²) in [7, 11) is 1.60. The van der Waals surface area contributed by atoms with Crippen molar-refractivity contribution in [1.29, 1.82) is 5.26 Å². The molecule has 1 aromatic heterocycles. The van der Waals surface area contributed by atoms with Gasteiger partial charge in [-0.05, 0) is 61.4 Å². The lowest BCUT2D eigenvalue weighted by atomic mass is 10.0. The topological polar surface area (TPSA) is 100 Å². The fourth-order valence-electron chi connectivity index (χ4n) is 3.27. The van der Waals surface area contributed by atoms with Gasteiger partial charge < -0.3 is 15.4 Å². The highest BCUT2D eigenvalue weighted by atomic mass is 16.5. The first-order valence-corrected chi connectivity index (χ1v) is 9.80. The van der Waals surface area contributed by atoms with Crippen molar-refractivity contribution < 1.29 is 14.5 Å². The number of hydrogen-bond donors (Lipinski definition) is 3. The number of carbonyl (C=O) groups excluding carboxylic acids is 1. The van der Waals surface area contributed by atoms with E-state index < -0.39 is 0 Å². The minimum Gasteiger partial charge on any atom is -0.497 e. The van der Waals surface area contributed by atoms with E-state index in [1.54, 1.807) is 31.4 Å². The lowest BCUT2D eigenvalue weighted by Gasteiger charge is -2.08. The molecule has 0 saturated heterocycles. The van der Waals surface area contributed by atoms with E-state index in [4.69, 9.17) is 4.74 Å². The van der Waals surface area contributed by atoms with E-state index in [1.165, 1.54) is 5.56 Å². The molecule has 30 heavy (non-hydrogen) atoms. The molecule has 1 heterocycles. The van der Waals surface area contributed by atoms with Gasteiger partial charge in [0.1, 0.15) is 22.9 Å². The summed E-state index contributed by atoms with van der Waals surface area (Å²) in [5.74, 6) is 1.43. The van der Waals surface area contributed by atoms with E-state index >= 15 is 0 Å². The van der Waals surface area contributed by atoms with Gasteiger partial charge in [0, 0.05) is 24.0 Å². The number of ether oxygens (including phenoxy) is 1. The largest absolute Gasteiger partial charge is 0.497 e. The van der Waals surface area contributed by atoms with Crippen molar-refractivity contribution >= 4 is 28.4 Å². The number of nitrogens with one attached hydrogen (secondary N) is 4. The monoisotopic (exact) mass is 404 g/mol. The van der Waals surface area contributed by atoms with Crippen molar-refractivity contribution in [3.05, 3.63) is 59.2 Å². The highest BCUT2D eigenvalue weighted by molar-refractivity contribution is 5.89. The van der Waals surface area contributed by atoms with Crippen molar-refractivity contribution in [2.24, 2.45) is 0 Å². The molecule has 0 radical (unpaired) electrons. The molecule has 3 aromatic rings. The summed E-state index contributed by atoms with van der Waals surface area (Å²) >= 11 is 0. The summed E-state index contributed by atoms with van der Waals surface area (Å²) in [4.78, 5) is 15.3. The van der Waals surface area contributed by atoms with Crippen LogP contribution >= 0.6 is 0 Å². The summed E-state index contributed by atoms with van der Waals surface area (Å²) < 4.78 is 5.10. The number of carbonyl (C=O) groups is 1. The second kappa shape index (κ2) is 9.61. The maximum absolute atomic E-state index is 12.0. The molecule has 7 nitrogen and oxygen atoms in total. The number of pyridine rings is 1. The summed E-state index contributed by atoms with van der Waals surface area (Å²) in [5, 5.41) is 19.4. The quantitative estimate of drug-likeness (QED) is 0.522. The second-order valence-corrected chi connectivity index (χ2v) is 7.10. The molecule has 0 atom stereocenters. The van der Waals surface area contributed by atoms with Crippen LogP contribution in [0.1, 0.15) is 23.1 Å². The highest BCUT2D eigenvalue weighted by Gasteiger charge is 2.13. The summed E-state index contributed by atoms with van der Waals surface area (Å²) in [6, 6.07) is 15.2. The summed E-state index contributed by atoms with van der Waals surface area (Å²) in [6.45, 7) is 5.21. The molecule has 0 saturated carbocycles. The van der Waals surface area contributed by atoms with E-state index in [-0.39, 0.29) is 6.03 Å².